The van der Waals surface area contributed by atoms with Gasteiger partial charge in [-0.05, 0) is 83.1 Å². The summed E-state index contributed by atoms with van der Waals surface area (Å²) in [5.41, 5.74) is 6.95. The van der Waals surface area contributed by atoms with Gasteiger partial charge in [0.25, 0.3) is 0 Å². The van der Waals surface area contributed by atoms with Crippen molar-refractivity contribution in [3.8, 4) is 11.1 Å². The van der Waals surface area contributed by atoms with Crippen molar-refractivity contribution in [1.29, 1.82) is 0 Å². The van der Waals surface area contributed by atoms with Gasteiger partial charge in [0.1, 0.15) is 11.1 Å². The van der Waals surface area contributed by atoms with Crippen LogP contribution in [0.1, 0.15) is 63.1 Å². The third kappa shape index (κ3) is 11.0. The summed E-state index contributed by atoms with van der Waals surface area (Å²) in [6.07, 6.45) is 0.251. The number of pyridine rings is 1. The molecule has 4 N–H and O–H groups in total. The molecule has 5 aromatic carbocycles. The van der Waals surface area contributed by atoms with Gasteiger partial charge in [0, 0.05) is 30.0 Å². The lowest BCUT2D eigenvalue weighted by atomic mass is 9.91. The van der Waals surface area contributed by atoms with Crippen molar-refractivity contribution in [2.24, 2.45) is 5.92 Å². The number of aromatic nitrogens is 1. The number of rotatable bonds is 16. The molecular weight excluding hydrogens is 811 g/mol. The molecule has 1 aliphatic heterocycles. The van der Waals surface area contributed by atoms with Crippen LogP contribution in [0.3, 0.4) is 0 Å². The van der Waals surface area contributed by atoms with Gasteiger partial charge < -0.3 is 25.0 Å². The van der Waals surface area contributed by atoms with E-state index in [0.29, 0.717) is 10.8 Å². The summed E-state index contributed by atoms with van der Waals surface area (Å²) in [5.74, 6) is -1.20. The molecule has 0 aliphatic carbocycles. The van der Waals surface area contributed by atoms with Crippen molar-refractivity contribution in [2.45, 2.75) is 67.9 Å². The molecule has 1 aliphatic rings. The van der Waals surface area contributed by atoms with Crippen molar-refractivity contribution >= 4 is 33.7 Å². The molecular formula is C48H47N3O8S2. The van der Waals surface area contributed by atoms with Gasteiger partial charge in [0.05, 0.1) is 29.3 Å². The third-order valence-electron chi connectivity index (χ3n) is 10.6. The quantitative estimate of drug-likeness (QED) is 0.0701. The minimum Gasteiger partial charge on any atom is -0.478 e. The number of aliphatic hydroxyl groups is 1. The summed E-state index contributed by atoms with van der Waals surface area (Å²) in [6, 6.07) is 41.1. The highest BCUT2D eigenvalue weighted by Crippen LogP contribution is 2.43. The van der Waals surface area contributed by atoms with Crippen molar-refractivity contribution in [3.05, 3.63) is 185 Å². The minimum absolute atomic E-state index is 0.0758. The fraction of sp³-hybridized carbons (Fsp3) is 0.229. The Kier molecular flexibility index (Phi) is 14.1. The second-order valence-electron chi connectivity index (χ2n) is 15.0. The zero-order valence-electron chi connectivity index (χ0n) is 33.7. The standard InChI is InChI=1S/C48H47N3O8S2/c1-31-16-22-40(23-17-31)61(56,57)51-42(26-33-9-4-3-5-10-33)45(53)50-28-35-11-6-12-37(25-35)38-13-7-14-39(27-38)48-58-43(30-60-46-41(47(54)55)15-8-24-49-46)32(2)44(59-48)36-20-18-34(29-52)19-21-36/h3-25,27,32,42-44,48,51-52H,26,28-30H2,1-2H3,(H,50,53)(H,54,55)/t32-,42+,43+,44+,48+/m0/s1. The fourth-order valence-electron chi connectivity index (χ4n) is 7.19. The van der Waals surface area contributed by atoms with Crippen LogP contribution in [-0.2, 0) is 43.9 Å². The Labute approximate surface area is 360 Å². The number of thioether (sulfide) groups is 1. The molecule has 1 saturated heterocycles. The molecule has 0 radical (unpaired) electrons. The number of hydrogen-bond acceptors (Lipinski definition) is 9. The Morgan fingerprint density at radius 3 is 2.21 bits per heavy atom. The lowest BCUT2D eigenvalue weighted by Crippen LogP contribution is -2.47. The van der Waals surface area contributed by atoms with Crippen LogP contribution in [0.2, 0.25) is 0 Å². The zero-order valence-corrected chi connectivity index (χ0v) is 35.3. The second kappa shape index (κ2) is 19.8. The van der Waals surface area contributed by atoms with Gasteiger partial charge in [-0.25, -0.2) is 18.2 Å². The SMILES string of the molecule is Cc1ccc(S(=O)(=O)N[C@H](Cc2ccccc2)C(=O)NCc2cccc(-c3cccc([C@@H]4O[C@H](CSc5ncccc5C(=O)O)[C@H](C)[C@H](c5ccc(CO)cc5)O4)c3)c2)cc1. The molecule has 2 heterocycles. The van der Waals surface area contributed by atoms with Gasteiger partial charge in [0.2, 0.25) is 15.9 Å². The van der Waals surface area contributed by atoms with Crippen LogP contribution in [0.15, 0.2) is 156 Å². The molecule has 0 unspecified atom stereocenters. The lowest BCUT2D eigenvalue weighted by Gasteiger charge is -2.41. The molecule has 1 amide bonds. The molecule has 314 valence electrons. The molecule has 7 rings (SSSR count). The van der Waals surface area contributed by atoms with Crippen LogP contribution in [0.5, 0.6) is 0 Å². The summed E-state index contributed by atoms with van der Waals surface area (Å²) in [7, 11) is -4.00. The molecule has 1 fully saturated rings. The Morgan fingerprint density at radius 2 is 1.49 bits per heavy atom. The predicted molar refractivity (Wildman–Crippen MR) is 234 cm³/mol. The molecule has 11 nitrogen and oxygen atoms in total. The molecule has 1 aromatic heterocycles. The summed E-state index contributed by atoms with van der Waals surface area (Å²) in [6.45, 7) is 4.01. The number of sulfonamides is 1. The van der Waals surface area contributed by atoms with E-state index in [1.165, 1.54) is 30.0 Å². The molecule has 0 saturated carbocycles. The van der Waals surface area contributed by atoms with Gasteiger partial charge in [-0.1, -0.05) is 116 Å². The fourth-order valence-corrected chi connectivity index (χ4v) is 9.53. The van der Waals surface area contributed by atoms with E-state index >= 15 is 0 Å². The number of aliphatic hydroxyl groups excluding tert-OH is 1. The minimum atomic E-state index is -4.00. The van der Waals surface area contributed by atoms with Crippen LogP contribution in [0.4, 0.5) is 0 Å². The predicted octanol–water partition coefficient (Wildman–Crippen LogP) is 8.04. The van der Waals surface area contributed by atoms with E-state index in [2.05, 4.69) is 15.0 Å². The summed E-state index contributed by atoms with van der Waals surface area (Å²) in [5, 5.41) is 22.8. The van der Waals surface area contributed by atoms with Gasteiger partial charge in [0.15, 0.2) is 6.29 Å². The smallest absolute Gasteiger partial charge is 0.338 e. The van der Waals surface area contributed by atoms with E-state index in [1.54, 1.807) is 24.4 Å². The van der Waals surface area contributed by atoms with Gasteiger partial charge in [-0.2, -0.15) is 4.72 Å². The number of aromatic carboxylic acids is 1. The van der Waals surface area contributed by atoms with Gasteiger partial charge >= 0.3 is 5.97 Å². The number of carbonyl (C=O) groups excluding carboxylic acids is 1. The van der Waals surface area contributed by atoms with E-state index in [4.69, 9.17) is 9.47 Å². The van der Waals surface area contributed by atoms with E-state index < -0.39 is 34.2 Å². The van der Waals surface area contributed by atoms with Crippen LogP contribution in [0, 0.1) is 12.8 Å². The molecule has 61 heavy (non-hydrogen) atoms. The largest absolute Gasteiger partial charge is 0.478 e. The molecule has 0 bridgehead atoms. The first-order valence-electron chi connectivity index (χ1n) is 19.9. The maximum Gasteiger partial charge on any atom is 0.338 e. The second-order valence-corrected chi connectivity index (χ2v) is 17.7. The number of hydrogen-bond donors (Lipinski definition) is 4. The van der Waals surface area contributed by atoms with Crippen molar-refractivity contribution < 1.29 is 37.7 Å². The average molecular weight is 858 g/mol. The monoisotopic (exact) mass is 857 g/mol. The number of carboxylic acids is 1. The van der Waals surface area contributed by atoms with E-state index in [1.807, 2.05) is 117 Å². The van der Waals surface area contributed by atoms with E-state index in [0.717, 1.165) is 44.5 Å². The Hall–Kier alpha value is -5.67. The maximum atomic E-state index is 13.7. The number of nitrogens with one attached hydrogen (secondary N) is 2. The highest BCUT2D eigenvalue weighted by atomic mass is 32.2. The van der Waals surface area contributed by atoms with Gasteiger partial charge in [-0.3, -0.25) is 4.79 Å². The number of carboxylic acid groups (broad SMARTS) is 1. The highest BCUT2D eigenvalue weighted by molar-refractivity contribution is 7.99. The van der Waals surface area contributed by atoms with Crippen LogP contribution in [0.25, 0.3) is 11.1 Å². The first kappa shape index (κ1) is 43.4. The Morgan fingerprint density at radius 1 is 0.787 bits per heavy atom. The van der Waals surface area contributed by atoms with Crippen LogP contribution in [-0.4, -0.2) is 53.4 Å². The molecule has 0 spiro atoms. The molecule has 5 atom stereocenters. The summed E-state index contributed by atoms with van der Waals surface area (Å²) in [4.78, 5) is 30.1. The third-order valence-corrected chi connectivity index (χ3v) is 13.2. The molecule has 13 heteroatoms. The van der Waals surface area contributed by atoms with E-state index in [-0.39, 0.29) is 48.2 Å². The average Bonchev–Trinajstić information content (AvgIpc) is 3.28. The number of aryl methyl sites for hydroxylation is 1. The summed E-state index contributed by atoms with van der Waals surface area (Å²) >= 11 is 1.33. The number of ether oxygens (including phenoxy) is 2. The summed E-state index contributed by atoms with van der Waals surface area (Å²) < 4.78 is 42.8. The van der Waals surface area contributed by atoms with Crippen molar-refractivity contribution in [3.63, 3.8) is 0 Å². The maximum absolute atomic E-state index is 13.7. The normalized spacial score (nSPS) is 18.3. The van der Waals surface area contributed by atoms with E-state index in [9.17, 15) is 28.2 Å². The van der Waals surface area contributed by atoms with Crippen molar-refractivity contribution in [2.75, 3.05) is 5.75 Å². The Balaban J connectivity index is 1.09. The zero-order chi connectivity index (χ0) is 42.9. The number of nitrogens with zero attached hydrogens (tertiary/aromatic N) is 1. The lowest BCUT2D eigenvalue weighted by molar-refractivity contribution is -0.268. The van der Waals surface area contributed by atoms with Gasteiger partial charge in [-0.15, -0.1) is 11.8 Å². The van der Waals surface area contributed by atoms with Crippen LogP contribution >= 0.6 is 11.8 Å². The van der Waals surface area contributed by atoms with Crippen molar-refractivity contribution in [1.82, 2.24) is 15.0 Å². The number of carbonyl (C=O) groups is 2. The highest BCUT2D eigenvalue weighted by Gasteiger charge is 2.39. The van der Waals surface area contributed by atoms with Crippen LogP contribution < -0.4 is 10.0 Å². The number of benzene rings is 5. The first-order chi connectivity index (χ1) is 29.5. The number of amides is 1. The first-order valence-corrected chi connectivity index (χ1v) is 22.4. The molecule has 6 aromatic rings. The topological polar surface area (TPSA) is 164 Å². The Bertz CT molecular complexity index is 2560.